The second kappa shape index (κ2) is 10.0. The molecule has 1 aromatic heterocycles. The van der Waals surface area contributed by atoms with Crippen molar-refractivity contribution in [1.29, 1.82) is 0 Å². The molecule has 3 aromatic rings. The minimum Gasteiger partial charge on any atom is -0.355 e. The molecule has 1 aliphatic rings. The number of rotatable bonds is 7. The van der Waals surface area contributed by atoms with Gasteiger partial charge >= 0.3 is 0 Å². The molecule has 162 valence electrons. The van der Waals surface area contributed by atoms with E-state index >= 15 is 0 Å². The molecule has 4 rings (SSSR count). The van der Waals surface area contributed by atoms with Crippen LogP contribution in [0.3, 0.4) is 0 Å². The number of aromatic nitrogens is 1. The topological polar surface area (TPSA) is 74.7 Å². The fourth-order valence-electron chi connectivity index (χ4n) is 3.67. The normalized spacial score (nSPS) is 13.2. The SMILES string of the molecule is Cc1ccc(C2=Nc3cccnc3N(CC(=O)NCCCc3ccccc3)C(=O)C2)cc1. The van der Waals surface area contributed by atoms with E-state index in [0.29, 0.717) is 23.8 Å². The van der Waals surface area contributed by atoms with Crippen LogP contribution in [0.2, 0.25) is 0 Å². The van der Waals surface area contributed by atoms with Crippen LogP contribution in [0.25, 0.3) is 0 Å². The molecule has 0 atom stereocenters. The lowest BCUT2D eigenvalue weighted by Crippen LogP contribution is -2.41. The summed E-state index contributed by atoms with van der Waals surface area (Å²) in [6.07, 6.45) is 3.45. The monoisotopic (exact) mass is 426 g/mol. The molecule has 0 fully saturated rings. The molecule has 2 heterocycles. The number of amides is 2. The Hall–Kier alpha value is -3.80. The van der Waals surface area contributed by atoms with Gasteiger partial charge < -0.3 is 5.32 Å². The first-order valence-electron chi connectivity index (χ1n) is 10.8. The van der Waals surface area contributed by atoms with Crippen molar-refractivity contribution in [3.8, 4) is 0 Å². The maximum atomic E-state index is 13.1. The van der Waals surface area contributed by atoms with Crippen molar-refractivity contribution in [2.45, 2.75) is 26.2 Å². The summed E-state index contributed by atoms with van der Waals surface area (Å²) in [5.41, 5.74) is 4.54. The van der Waals surface area contributed by atoms with Gasteiger partial charge in [0.2, 0.25) is 11.8 Å². The molecule has 0 saturated carbocycles. The van der Waals surface area contributed by atoms with Gasteiger partial charge in [-0.3, -0.25) is 14.5 Å². The van der Waals surface area contributed by atoms with Crippen LogP contribution < -0.4 is 10.2 Å². The fourth-order valence-corrected chi connectivity index (χ4v) is 3.67. The number of hydrogen-bond acceptors (Lipinski definition) is 4. The zero-order valence-electron chi connectivity index (χ0n) is 18.1. The first kappa shape index (κ1) is 21.4. The Kier molecular flexibility index (Phi) is 6.70. The lowest BCUT2D eigenvalue weighted by Gasteiger charge is -2.20. The number of nitrogens with one attached hydrogen (secondary N) is 1. The van der Waals surface area contributed by atoms with E-state index < -0.39 is 0 Å². The van der Waals surface area contributed by atoms with Gasteiger partial charge in [-0.1, -0.05) is 60.2 Å². The van der Waals surface area contributed by atoms with Gasteiger partial charge in [0.25, 0.3) is 0 Å². The molecule has 1 N–H and O–H groups in total. The van der Waals surface area contributed by atoms with E-state index in [0.717, 1.165) is 24.0 Å². The standard InChI is InChI=1S/C26H26N4O2/c1-19-11-13-21(14-12-19)23-17-25(32)30(26-22(29-23)10-6-16-28-26)18-24(31)27-15-5-9-20-7-3-2-4-8-20/h2-4,6-8,10-14,16H,5,9,15,17-18H2,1H3,(H,27,31). The van der Waals surface area contributed by atoms with Crippen molar-refractivity contribution >= 4 is 29.0 Å². The van der Waals surface area contributed by atoms with Crippen molar-refractivity contribution in [2.24, 2.45) is 4.99 Å². The molecular weight excluding hydrogens is 400 g/mol. The van der Waals surface area contributed by atoms with Crippen molar-refractivity contribution in [3.05, 3.63) is 89.6 Å². The molecule has 0 unspecified atom stereocenters. The molecule has 2 amide bonds. The third-order valence-electron chi connectivity index (χ3n) is 5.39. The van der Waals surface area contributed by atoms with Gasteiger partial charge in [-0.15, -0.1) is 0 Å². The highest BCUT2D eigenvalue weighted by Crippen LogP contribution is 2.30. The van der Waals surface area contributed by atoms with Gasteiger partial charge in [-0.25, -0.2) is 9.98 Å². The maximum Gasteiger partial charge on any atom is 0.240 e. The summed E-state index contributed by atoms with van der Waals surface area (Å²) >= 11 is 0. The van der Waals surface area contributed by atoms with E-state index in [1.807, 2.05) is 55.5 Å². The third kappa shape index (κ3) is 5.27. The zero-order chi connectivity index (χ0) is 22.3. The van der Waals surface area contributed by atoms with Crippen LogP contribution in [0.4, 0.5) is 11.5 Å². The first-order valence-corrected chi connectivity index (χ1v) is 10.8. The predicted molar refractivity (Wildman–Crippen MR) is 126 cm³/mol. The number of aryl methyl sites for hydroxylation is 2. The van der Waals surface area contributed by atoms with Gasteiger partial charge in [0.15, 0.2) is 5.82 Å². The van der Waals surface area contributed by atoms with Gasteiger partial charge in [-0.05, 0) is 43.0 Å². The van der Waals surface area contributed by atoms with Gasteiger partial charge in [0, 0.05) is 12.7 Å². The Morgan fingerprint density at radius 2 is 1.81 bits per heavy atom. The third-order valence-corrected chi connectivity index (χ3v) is 5.39. The van der Waals surface area contributed by atoms with Crippen LogP contribution in [0.1, 0.15) is 29.5 Å². The van der Waals surface area contributed by atoms with Crippen molar-refractivity contribution in [2.75, 3.05) is 18.0 Å². The summed E-state index contributed by atoms with van der Waals surface area (Å²) in [6.45, 7) is 2.49. The number of hydrogen-bond donors (Lipinski definition) is 1. The fraction of sp³-hybridized carbons (Fsp3) is 0.231. The molecule has 0 radical (unpaired) electrons. The Labute approximate surface area is 188 Å². The molecule has 0 spiro atoms. The maximum absolute atomic E-state index is 13.1. The lowest BCUT2D eigenvalue weighted by atomic mass is 10.1. The summed E-state index contributed by atoms with van der Waals surface area (Å²) in [5.74, 6) is 0.0158. The highest BCUT2D eigenvalue weighted by atomic mass is 16.2. The van der Waals surface area contributed by atoms with Crippen LogP contribution in [0, 0.1) is 6.92 Å². The van der Waals surface area contributed by atoms with Crippen LogP contribution in [0.5, 0.6) is 0 Å². The highest BCUT2D eigenvalue weighted by Gasteiger charge is 2.27. The van der Waals surface area contributed by atoms with E-state index in [2.05, 4.69) is 22.4 Å². The van der Waals surface area contributed by atoms with Gasteiger partial charge in [0.1, 0.15) is 12.2 Å². The molecule has 0 bridgehead atoms. The molecule has 1 aliphatic heterocycles. The summed E-state index contributed by atoms with van der Waals surface area (Å²) in [7, 11) is 0. The van der Waals surface area contributed by atoms with Gasteiger partial charge in [-0.2, -0.15) is 0 Å². The summed E-state index contributed by atoms with van der Waals surface area (Å²) in [5, 5.41) is 2.92. The van der Waals surface area contributed by atoms with Crippen LogP contribution in [-0.4, -0.2) is 35.6 Å². The van der Waals surface area contributed by atoms with Crippen molar-refractivity contribution in [3.63, 3.8) is 0 Å². The molecule has 0 saturated heterocycles. The van der Waals surface area contributed by atoms with Gasteiger partial charge in [0.05, 0.1) is 12.1 Å². The highest BCUT2D eigenvalue weighted by molar-refractivity contribution is 6.18. The molecule has 32 heavy (non-hydrogen) atoms. The van der Waals surface area contributed by atoms with Crippen LogP contribution >= 0.6 is 0 Å². The lowest BCUT2D eigenvalue weighted by molar-refractivity contribution is -0.123. The molecule has 2 aromatic carbocycles. The second-order valence-corrected chi connectivity index (χ2v) is 7.87. The van der Waals surface area contributed by atoms with Crippen LogP contribution in [0.15, 0.2) is 77.9 Å². The zero-order valence-corrected chi connectivity index (χ0v) is 18.1. The van der Waals surface area contributed by atoms with E-state index in [1.54, 1.807) is 12.3 Å². The number of fused-ring (bicyclic) bond motifs is 1. The van der Waals surface area contributed by atoms with E-state index in [9.17, 15) is 9.59 Å². The number of nitrogens with zero attached hydrogens (tertiary/aromatic N) is 3. The Morgan fingerprint density at radius 3 is 2.59 bits per heavy atom. The molecule has 0 aliphatic carbocycles. The minimum atomic E-state index is -0.207. The Morgan fingerprint density at radius 1 is 1.03 bits per heavy atom. The number of benzene rings is 2. The predicted octanol–water partition coefficient (Wildman–Crippen LogP) is 4.00. The minimum absolute atomic E-state index is 0.0785. The van der Waals surface area contributed by atoms with E-state index in [1.165, 1.54) is 10.5 Å². The molecule has 6 heteroatoms. The number of anilines is 1. The number of carbonyl (C=O) groups excluding carboxylic acids is 2. The van der Waals surface area contributed by atoms with E-state index in [-0.39, 0.29) is 24.8 Å². The van der Waals surface area contributed by atoms with Crippen molar-refractivity contribution in [1.82, 2.24) is 10.3 Å². The van der Waals surface area contributed by atoms with Crippen molar-refractivity contribution < 1.29 is 9.59 Å². The molecular formula is C26H26N4O2. The number of carbonyl (C=O) groups is 2. The van der Waals surface area contributed by atoms with Crippen LogP contribution in [-0.2, 0) is 16.0 Å². The summed E-state index contributed by atoms with van der Waals surface area (Å²) < 4.78 is 0. The Bertz CT molecular complexity index is 1120. The quantitative estimate of drug-likeness (QED) is 0.581. The number of pyridine rings is 1. The largest absolute Gasteiger partial charge is 0.355 e. The first-order chi connectivity index (χ1) is 15.6. The Balaban J connectivity index is 1.43. The summed E-state index contributed by atoms with van der Waals surface area (Å²) in [6, 6.07) is 21.7. The molecule has 6 nitrogen and oxygen atoms in total. The summed E-state index contributed by atoms with van der Waals surface area (Å²) in [4.78, 5) is 36.2. The van der Waals surface area contributed by atoms with E-state index in [4.69, 9.17) is 4.99 Å². The number of aliphatic imine (C=N–C) groups is 1. The second-order valence-electron chi connectivity index (χ2n) is 7.87. The average Bonchev–Trinajstić information content (AvgIpc) is 2.94. The average molecular weight is 427 g/mol. The smallest absolute Gasteiger partial charge is 0.240 e.